The molecule has 2 saturated heterocycles. The number of rotatable bonds is 13. The summed E-state index contributed by atoms with van der Waals surface area (Å²) in [6.07, 6.45) is 6.98. The summed E-state index contributed by atoms with van der Waals surface area (Å²) >= 11 is 12.7. The van der Waals surface area contributed by atoms with Crippen molar-refractivity contribution in [2.75, 3.05) is 63.9 Å². The Morgan fingerprint density at radius 1 is 1.07 bits per heavy atom. The number of hydrogen-bond acceptors (Lipinski definition) is 7. The zero-order valence-corrected chi connectivity index (χ0v) is 26.5. The molecule has 2 aromatic carbocycles. The van der Waals surface area contributed by atoms with Crippen molar-refractivity contribution in [3.05, 3.63) is 76.8 Å². The molecule has 2 unspecified atom stereocenters. The number of carbonyl (C=O) groups excluding carboxylic acids is 1. The molecule has 2 aliphatic rings. The van der Waals surface area contributed by atoms with Gasteiger partial charge in [0.15, 0.2) is 0 Å². The Labute approximate surface area is 264 Å². The number of piperazine rings is 1. The van der Waals surface area contributed by atoms with Gasteiger partial charge in [-0.05, 0) is 49.2 Å². The molecule has 0 N–H and O–H groups in total. The van der Waals surface area contributed by atoms with Gasteiger partial charge < -0.3 is 28.6 Å². The third-order valence-electron chi connectivity index (χ3n) is 7.86. The van der Waals surface area contributed by atoms with Crippen LogP contribution in [0.25, 0.3) is 0 Å². The van der Waals surface area contributed by atoms with Gasteiger partial charge in [0.25, 0.3) is 0 Å². The van der Waals surface area contributed by atoms with Crippen LogP contribution in [0.3, 0.4) is 0 Å². The van der Waals surface area contributed by atoms with Gasteiger partial charge in [0.05, 0.1) is 31.0 Å². The van der Waals surface area contributed by atoms with E-state index in [0.29, 0.717) is 41.9 Å². The molecule has 2 aliphatic heterocycles. The van der Waals surface area contributed by atoms with Crippen LogP contribution in [0.15, 0.2) is 61.2 Å². The molecule has 0 bridgehead atoms. The van der Waals surface area contributed by atoms with Gasteiger partial charge in [0.2, 0.25) is 11.7 Å². The molecule has 11 heteroatoms. The SMILES string of the molecule is CCCN(CCC)C(=O)CN1CCN(c2ccc(OCC3COC(Cn4ccnc4)(c4ccc(Cl)cc4Cl)O3)cc2)CC1. The van der Waals surface area contributed by atoms with Crippen molar-refractivity contribution >= 4 is 34.8 Å². The molecule has 0 aliphatic carbocycles. The average Bonchev–Trinajstić information content (AvgIpc) is 3.67. The van der Waals surface area contributed by atoms with Gasteiger partial charge in [0.1, 0.15) is 18.5 Å². The normalized spacial score (nSPS) is 20.8. The predicted octanol–water partition coefficient (Wildman–Crippen LogP) is 5.31. The maximum Gasteiger partial charge on any atom is 0.236 e. The molecule has 0 spiro atoms. The number of imidazole rings is 1. The van der Waals surface area contributed by atoms with Gasteiger partial charge in [-0.15, -0.1) is 0 Å². The largest absolute Gasteiger partial charge is 0.491 e. The first-order valence-corrected chi connectivity index (χ1v) is 15.9. The van der Waals surface area contributed by atoms with Crippen molar-refractivity contribution in [1.82, 2.24) is 19.4 Å². The Balaban J connectivity index is 1.13. The van der Waals surface area contributed by atoms with Crippen LogP contribution in [0.5, 0.6) is 5.75 Å². The third kappa shape index (κ3) is 8.02. The first-order valence-electron chi connectivity index (χ1n) is 15.1. The molecule has 3 aromatic rings. The van der Waals surface area contributed by atoms with Crippen LogP contribution in [-0.2, 0) is 26.6 Å². The second-order valence-corrected chi connectivity index (χ2v) is 12.0. The van der Waals surface area contributed by atoms with Crippen LogP contribution in [0.2, 0.25) is 10.0 Å². The molecule has 2 fully saturated rings. The van der Waals surface area contributed by atoms with E-state index in [4.69, 9.17) is 37.4 Å². The Morgan fingerprint density at radius 2 is 1.81 bits per heavy atom. The van der Waals surface area contributed by atoms with E-state index in [9.17, 15) is 4.79 Å². The Bertz CT molecular complexity index is 1310. The predicted molar refractivity (Wildman–Crippen MR) is 169 cm³/mol. The van der Waals surface area contributed by atoms with Gasteiger partial charge in [-0.3, -0.25) is 9.69 Å². The van der Waals surface area contributed by atoms with Crippen LogP contribution >= 0.6 is 23.2 Å². The number of hydrogen-bond donors (Lipinski definition) is 0. The minimum Gasteiger partial charge on any atom is -0.491 e. The van der Waals surface area contributed by atoms with Crippen LogP contribution < -0.4 is 9.64 Å². The van der Waals surface area contributed by atoms with Crippen LogP contribution in [0.4, 0.5) is 5.69 Å². The van der Waals surface area contributed by atoms with Gasteiger partial charge in [-0.1, -0.05) is 43.1 Å². The Kier molecular flexibility index (Phi) is 10.9. The number of aromatic nitrogens is 2. The molecular weight excluding hydrogens is 589 g/mol. The Hall–Kier alpha value is -2.82. The molecule has 232 valence electrons. The van der Waals surface area contributed by atoms with E-state index in [1.807, 2.05) is 33.9 Å². The minimum absolute atomic E-state index is 0.241. The van der Waals surface area contributed by atoms with Crippen molar-refractivity contribution in [1.29, 1.82) is 0 Å². The second-order valence-electron chi connectivity index (χ2n) is 11.1. The van der Waals surface area contributed by atoms with Crippen LogP contribution in [0.1, 0.15) is 32.3 Å². The number of halogens is 2. The van der Waals surface area contributed by atoms with Crippen molar-refractivity contribution in [2.24, 2.45) is 0 Å². The quantitative estimate of drug-likeness (QED) is 0.254. The number of anilines is 1. The molecule has 43 heavy (non-hydrogen) atoms. The van der Waals surface area contributed by atoms with Gasteiger partial charge in [-0.2, -0.15) is 0 Å². The average molecular weight is 631 g/mol. The number of nitrogens with zero attached hydrogens (tertiary/aromatic N) is 5. The maximum absolute atomic E-state index is 12.8. The molecule has 2 atom stereocenters. The summed E-state index contributed by atoms with van der Waals surface area (Å²) in [5.74, 6) is -0.0807. The summed E-state index contributed by atoms with van der Waals surface area (Å²) < 4.78 is 20.8. The van der Waals surface area contributed by atoms with E-state index in [1.54, 1.807) is 24.7 Å². The lowest BCUT2D eigenvalue weighted by atomic mass is 10.1. The summed E-state index contributed by atoms with van der Waals surface area (Å²) in [7, 11) is 0. The summed E-state index contributed by atoms with van der Waals surface area (Å²) in [6.45, 7) is 11.0. The topological polar surface area (TPSA) is 72.3 Å². The van der Waals surface area contributed by atoms with Crippen LogP contribution in [0, 0.1) is 0 Å². The van der Waals surface area contributed by atoms with Crippen molar-refractivity contribution in [2.45, 2.75) is 45.1 Å². The molecule has 3 heterocycles. The van der Waals surface area contributed by atoms with E-state index >= 15 is 0 Å². The van der Waals surface area contributed by atoms with Crippen molar-refractivity contribution in [3.8, 4) is 5.75 Å². The van der Waals surface area contributed by atoms with E-state index in [0.717, 1.165) is 63.5 Å². The van der Waals surface area contributed by atoms with Crippen LogP contribution in [-0.4, -0.2) is 90.4 Å². The molecule has 5 rings (SSSR count). The highest BCUT2D eigenvalue weighted by Crippen LogP contribution is 2.40. The summed E-state index contributed by atoms with van der Waals surface area (Å²) in [4.78, 5) is 23.5. The van der Waals surface area contributed by atoms with Crippen molar-refractivity contribution in [3.63, 3.8) is 0 Å². The van der Waals surface area contributed by atoms with Crippen molar-refractivity contribution < 1.29 is 19.0 Å². The fourth-order valence-corrected chi connectivity index (χ4v) is 6.23. The van der Waals surface area contributed by atoms with E-state index in [2.05, 4.69) is 40.8 Å². The lowest BCUT2D eigenvalue weighted by Crippen LogP contribution is -2.50. The highest BCUT2D eigenvalue weighted by atomic mass is 35.5. The fourth-order valence-electron chi connectivity index (χ4n) is 5.67. The number of carbonyl (C=O) groups is 1. The molecule has 0 saturated carbocycles. The third-order valence-corrected chi connectivity index (χ3v) is 8.41. The monoisotopic (exact) mass is 629 g/mol. The van der Waals surface area contributed by atoms with Gasteiger partial charge in [-0.25, -0.2) is 4.98 Å². The zero-order valence-electron chi connectivity index (χ0n) is 25.0. The fraction of sp³-hybridized carbons (Fsp3) is 0.500. The zero-order chi connectivity index (χ0) is 30.2. The lowest BCUT2D eigenvalue weighted by Gasteiger charge is -2.36. The maximum atomic E-state index is 12.8. The number of ether oxygens (including phenoxy) is 3. The smallest absolute Gasteiger partial charge is 0.236 e. The molecule has 9 nitrogen and oxygen atoms in total. The lowest BCUT2D eigenvalue weighted by molar-refractivity contribution is -0.189. The molecule has 1 aromatic heterocycles. The van der Waals surface area contributed by atoms with Gasteiger partial charge >= 0.3 is 0 Å². The van der Waals surface area contributed by atoms with E-state index < -0.39 is 5.79 Å². The number of benzene rings is 2. The summed E-state index contributed by atoms with van der Waals surface area (Å²) in [5, 5.41) is 1.03. The number of amides is 1. The van der Waals surface area contributed by atoms with E-state index in [-0.39, 0.29) is 12.0 Å². The minimum atomic E-state index is -1.09. The molecule has 0 radical (unpaired) electrons. The van der Waals surface area contributed by atoms with Gasteiger partial charge in [0, 0.05) is 67.9 Å². The van der Waals surface area contributed by atoms with E-state index in [1.165, 1.54) is 0 Å². The standard InChI is InChI=1S/C32H41Cl2N5O4/c1-3-12-39(13-4-2)31(40)20-36-15-17-38(18-16-36)26-6-8-27(9-7-26)41-21-28-22-42-32(43-28,23-37-14-11-35-24-37)29-10-5-25(33)19-30(29)34/h5-11,14,19,24,28H,3-4,12-13,15-18,20-23H2,1-2H3. The highest BCUT2D eigenvalue weighted by Gasteiger charge is 2.45. The highest BCUT2D eigenvalue weighted by molar-refractivity contribution is 6.35. The Morgan fingerprint density at radius 3 is 2.47 bits per heavy atom. The first kappa shape index (κ1) is 31.6. The first-order chi connectivity index (χ1) is 20.9. The summed E-state index contributed by atoms with van der Waals surface area (Å²) in [5.41, 5.74) is 1.86. The molecule has 1 amide bonds. The molecular formula is C32H41Cl2N5O4. The summed E-state index contributed by atoms with van der Waals surface area (Å²) in [6, 6.07) is 13.5. The second kappa shape index (κ2) is 14.8.